The molecule has 1 aliphatic rings. The summed E-state index contributed by atoms with van der Waals surface area (Å²) in [5.41, 5.74) is 0. The zero-order valence-corrected chi connectivity index (χ0v) is 13.3. The van der Waals surface area contributed by atoms with Crippen molar-refractivity contribution in [3.8, 4) is 0 Å². The first-order valence-electron chi connectivity index (χ1n) is 7.70. The van der Waals surface area contributed by atoms with Crippen molar-refractivity contribution < 1.29 is 8.42 Å². The number of hydrogen-bond donors (Lipinski definition) is 2. The minimum atomic E-state index is -3.08. The summed E-state index contributed by atoms with van der Waals surface area (Å²) < 4.78 is 26.1. The lowest BCUT2D eigenvalue weighted by molar-refractivity contribution is 0.461. The van der Waals surface area contributed by atoms with Crippen LogP contribution in [-0.2, 0) is 10.0 Å². The number of rotatable bonds is 8. The molecule has 5 heteroatoms. The van der Waals surface area contributed by atoms with E-state index in [1.165, 1.54) is 38.5 Å². The molecule has 0 saturated heterocycles. The van der Waals surface area contributed by atoms with Crippen molar-refractivity contribution in [1.82, 2.24) is 10.0 Å². The van der Waals surface area contributed by atoms with Gasteiger partial charge in [0.1, 0.15) is 0 Å². The van der Waals surface area contributed by atoms with Gasteiger partial charge >= 0.3 is 0 Å². The first kappa shape index (κ1) is 16.9. The van der Waals surface area contributed by atoms with E-state index < -0.39 is 10.0 Å². The van der Waals surface area contributed by atoms with Crippen LogP contribution in [0.2, 0.25) is 0 Å². The topological polar surface area (TPSA) is 58.2 Å². The predicted octanol–water partition coefficient (Wildman–Crippen LogP) is 2.26. The van der Waals surface area contributed by atoms with Crippen molar-refractivity contribution in [3.63, 3.8) is 0 Å². The van der Waals surface area contributed by atoms with Gasteiger partial charge in [-0.25, -0.2) is 13.1 Å². The lowest BCUT2D eigenvalue weighted by Gasteiger charge is -2.16. The van der Waals surface area contributed by atoms with E-state index in [0.717, 1.165) is 13.0 Å². The average Bonchev–Trinajstić information content (AvgIpc) is 2.61. The van der Waals surface area contributed by atoms with Crippen molar-refractivity contribution in [3.05, 3.63) is 0 Å². The fourth-order valence-electron chi connectivity index (χ4n) is 2.43. The molecular formula is C14H30N2O2S. The minimum absolute atomic E-state index is 0.244. The summed E-state index contributed by atoms with van der Waals surface area (Å²) in [7, 11) is -3.08. The molecule has 1 aliphatic carbocycles. The Kier molecular flexibility index (Phi) is 7.95. The van der Waals surface area contributed by atoms with Gasteiger partial charge in [0.05, 0.1) is 5.75 Å². The Labute approximate surface area is 118 Å². The zero-order valence-electron chi connectivity index (χ0n) is 12.5. The van der Waals surface area contributed by atoms with E-state index in [2.05, 4.69) is 10.0 Å². The maximum absolute atomic E-state index is 11.7. The van der Waals surface area contributed by atoms with Crippen molar-refractivity contribution in [2.45, 2.75) is 64.8 Å². The van der Waals surface area contributed by atoms with E-state index >= 15 is 0 Å². The molecule has 0 spiro atoms. The van der Waals surface area contributed by atoms with Crippen LogP contribution in [0, 0.1) is 5.92 Å². The molecule has 1 fully saturated rings. The van der Waals surface area contributed by atoms with Crippen LogP contribution in [0.1, 0.15) is 58.8 Å². The lowest BCUT2D eigenvalue weighted by atomic mass is 10.1. The molecule has 2 N–H and O–H groups in total. The van der Waals surface area contributed by atoms with Crippen LogP contribution >= 0.6 is 0 Å². The molecule has 0 atom stereocenters. The summed E-state index contributed by atoms with van der Waals surface area (Å²) >= 11 is 0. The number of nitrogens with one attached hydrogen (secondary N) is 2. The van der Waals surface area contributed by atoms with Gasteiger partial charge in [-0.1, -0.05) is 39.5 Å². The maximum Gasteiger partial charge on any atom is 0.211 e. The fourth-order valence-corrected chi connectivity index (χ4v) is 3.77. The van der Waals surface area contributed by atoms with E-state index in [-0.39, 0.29) is 5.75 Å². The lowest BCUT2D eigenvalue weighted by Crippen LogP contribution is -2.37. The highest BCUT2D eigenvalue weighted by Crippen LogP contribution is 2.16. The van der Waals surface area contributed by atoms with E-state index in [1.807, 2.05) is 13.8 Å². The highest BCUT2D eigenvalue weighted by molar-refractivity contribution is 7.89. The molecule has 4 nitrogen and oxygen atoms in total. The van der Waals surface area contributed by atoms with Gasteiger partial charge < -0.3 is 5.32 Å². The molecule has 0 aromatic heterocycles. The quantitative estimate of drug-likeness (QED) is 0.532. The minimum Gasteiger partial charge on any atom is -0.313 e. The van der Waals surface area contributed by atoms with Crippen molar-refractivity contribution in [2.75, 3.05) is 18.8 Å². The Hall–Kier alpha value is -0.130. The molecule has 0 aliphatic heterocycles. The third-order valence-electron chi connectivity index (χ3n) is 3.70. The fraction of sp³-hybridized carbons (Fsp3) is 1.00. The van der Waals surface area contributed by atoms with Gasteiger partial charge in [0.25, 0.3) is 0 Å². The largest absolute Gasteiger partial charge is 0.313 e. The monoisotopic (exact) mass is 290 g/mol. The van der Waals surface area contributed by atoms with E-state index in [0.29, 0.717) is 18.5 Å². The maximum atomic E-state index is 11.7. The summed E-state index contributed by atoms with van der Waals surface area (Å²) in [4.78, 5) is 0. The van der Waals surface area contributed by atoms with Crippen LogP contribution in [0.15, 0.2) is 0 Å². The molecule has 1 rings (SSSR count). The molecular weight excluding hydrogens is 260 g/mol. The van der Waals surface area contributed by atoms with Crippen molar-refractivity contribution in [2.24, 2.45) is 5.92 Å². The molecule has 0 bridgehead atoms. The smallest absolute Gasteiger partial charge is 0.211 e. The Balaban J connectivity index is 2.11. The molecule has 0 aromatic rings. The van der Waals surface area contributed by atoms with Crippen LogP contribution in [0.25, 0.3) is 0 Å². The summed E-state index contributed by atoms with van der Waals surface area (Å²) in [6.07, 6.45) is 8.50. The van der Waals surface area contributed by atoms with Crippen LogP contribution in [0.4, 0.5) is 0 Å². The van der Waals surface area contributed by atoms with Gasteiger partial charge in [0, 0.05) is 19.1 Å². The molecule has 0 heterocycles. The first-order chi connectivity index (χ1) is 8.99. The molecule has 0 aromatic carbocycles. The predicted molar refractivity (Wildman–Crippen MR) is 80.7 cm³/mol. The Bertz CT molecular complexity index is 320. The number of sulfonamides is 1. The molecule has 19 heavy (non-hydrogen) atoms. The highest BCUT2D eigenvalue weighted by atomic mass is 32.2. The van der Waals surface area contributed by atoms with Gasteiger partial charge in [0.2, 0.25) is 10.0 Å². The second-order valence-electron chi connectivity index (χ2n) is 6.04. The van der Waals surface area contributed by atoms with E-state index in [9.17, 15) is 8.42 Å². The third kappa shape index (κ3) is 8.60. The number of hydrogen-bond acceptors (Lipinski definition) is 3. The molecule has 0 radical (unpaired) electrons. The average molecular weight is 290 g/mol. The molecule has 0 amide bonds. The van der Waals surface area contributed by atoms with Gasteiger partial charge in [0.15, 0.2) is 0 Å². The molecule has 114 valence electrons. The van der Waals surface area contributed by atoms with E-state index in [1.54, 1.807) is 0 Å². The summed E-state index contributed by atoms with van der Waals surface area (Å²) in [5, 5.41) is 3.47. The molecule has 1 saturated carbocycles. The van der Waals surface area contributed by atoms with Crippen molar-refractivity contribution >= 4 is 10.0 Å². The zero-order chi connectivity index (χ0) is 14.1. The standard InChI is InChI=1S/C14H30N2O2S/c1-13(2)9-12-19(17,18)16-11-10-15-14-7-5-3-4-6-8-14/h13-16H,3-12H2,1-2H3. The van der Waals surface area contributed by atoms with Crippen LogP contribution in [-0.4, -0.2) is 33.3 Å². The van der Waals surface area contributed by atoms with Crippen molar-refractivity contribution in [1.29, 1.82) is 0 Å². The normalized spacial score (nSPS) is 18.7. The van der Waals surface area contributed by atoms with Crippen LogP contribution < -0.4 is 10.0 Å². The molecule has 0 unspecified atom stereocenters. The van der Waals surface area contributed by atoms with Crippen LogP contribution in [0.5, 0.6) is 0 Å². The van der Waals surface area contributed by atoms with Gasteiger partial charge in [-0.3, -0.25) is 0 Å². The van der Waals surface area contributed by atoms with E-state index in [4.69, 9.17) is 0 Å². The Morgan fingerprint density at radius 1 is 1.05 bits per heavy atom. The Morgan fingerprint density at radius 3 is 2.26 bits per heavy atom. The second kappa shape index (κ2) is 8.93. The SMILES string of the molecule is CC(C)CCS(=O)(=O)NCCNC1CCCCCC1. The van der Waals surface area contributed by atoms with Gasteiger partial charge in [-0.2, -0.15) is 0 Å². The van der Waals surface area contributed by atoms with Crippen LogP contribution in [0.3, 0.4) is 0 Å². The Morgan fingerprint density at radius 2 is 1.68 bits per heavy atom. The second-order valence-corrected chi connectivity index (χ2v) is 7.96. The third-order valence-corrected chi connectivity index (χ3v) is 5.12. The summed E-state index contributed by atoms with van der Waals surface area (Å²) in [5.74, 6) is 0.675. The summed E-state index contributed by atoms with van der Waals surface area (Å²) in [6.45, 7) is 5.34. The first-order valence-corrected chi connectivity index (χ1v) is 9.35. The van der Waals surface area contributed by atoms with Gasteiger partial charge in [-0.05, 0) is 25.2 Å². The van der Waals surface area contributed by atoms with Gasteiger partial charge in [-0.15, -0.1) is 0 Å². The highest BCUT2D eigenvalue weighted by Gasteiger charge is 2.13. The summed E-state index contributed by atoms with van der Waals surface area (Å²) in [6, 6.07) is 0.586.